The molecule has 0 saturated carbocycles. The molecule has 2 amide bonds. The molecule has 1 fully saturated rings. The fourth-order valence-electron chi connectivity index (χ4n) is 3.82. The maximum absolute atomic E-state index is 13.2. The number of amides is 2. The van der Waals surface area contributed by atoms with Gasteiger partial charge in [0.15, 0.2) is 11.8 Å². The van der Waals surface area contributed by atoms with Crippen LogP contribution in [-0.2, 0) is 9.59 Å². The highest BCUT2D eigenvalue weighted by Crippen LogP contribution is 2.16. The summed E-state index contributed by atoms with van der Waals surface area (Å²) >= 11 is 0. The van der Waals surface area contributed by atoms with Crippen LogP contribution in [0.3, 0.4) is 0 Å². The number of hydrogen-bond donors (Lipinski definition) is 3. The van der Waals surface area contributed by atoms with E-state index in [4.69, 9.17) is 4.42 Å². The fraction of sp³-hybridized carbons (Fsp3) is 0.478. The molecule has 1 saturated heterocycles. The molecule has 1 aromatic carbocycles. The van der Waals surface area contributed by atoms with E-state index in [1.807, 2.05) is 12.1 Å². The molecule has 31 heavy (non-hydrogen) atoms. The maximum Gasteiger partial charge on any atom is 0.309 e. The Labute approximate surface area is 182 Å². The van der Waals surface area contributed by atoms with Gasteiger partial charge < -0.3 is 24.9 Å². The van der Waals surface area contributed by atoms with E-state index < -0.39 is 11.8 Å². The van der Waals surface area contributed by atoms with Crippen molar-refractivity contribution in [1.82, 2.24) is 10.6 Å². The van der Waals surface area contributed by atoms with Crippen LogP contribution < -0.4 is 20.4 Å². The Morgan fingerprint density at radius 3 is 2.39 bits per heavy atom. The van der Waals surface area contributed by atoms with E-state index in [1.54, 1.807) is 18.4 Å². The van der Waals surface area contributed by atoms with Gasteiger partial charge in [-0.15, -0.1) is 0 Å². The van der Waals surface area contributed by atoms with E-state index in [2.05, 4.69) is 29.4 Å². The third-order valence-corrected chi connectivity index (χ3v) is 5.66. The maximum atomic E-state index is 13.2. The van der Waals surface area contributed by atoms with Crippen molar-refractivity contribution >= 4 is 17.5 Å². The van der Waals surface area contributed by atoms with Crippen molar-refractivity contribution in [3.05, 3.63) is 54.2 Å². The summed E-state index contributed by atoms with van der Waals surface area (Å²) in [6, 6.07) is 10.2. The fourth-order valence-corrected chi connectivity index (χ4v) is 3.82. The van der Waals surface area contributed by atoms with Gasteiger partial charge in [0.25, 0.3) is 0 Å². The van der Waals surface area contributed by atoms with Gasteiger partial charge >= 0.3 is 11.8 Å². The van der Waals surface area contributed by atoms with Crippen molar-refractivity contribution in [2.75, 3.05) is 44.2 Å². The Kier molecular flexibility index (Phi) is 8.06. The van der Waals surface area contributed by atoms with Crippen LogP contribution in [0.5, 0.6) is 0 Å². The predicted octanol–water partition coefficient (Wildman–Crippen LogP) is 1.14. The minimum absolute atomic E-state index is 0.0854. The van der Waals surface area contributed by atoms with Crippen LogP contribution in [0.4, 0.5) is 10.1 Å². The lowest BCUT2D eigenvalue weighted by Crippen LogP contribution is -3.15. The zero-order chi connectivity index (χ0) is 22.2. The smallest absolute Gasteiger partial charge is 0.309 e. The van der Waals surface area contributed by atoms with Crippen LogP contribution in [0.25, 0.3) is 0 Å². The Hall–Kier alpha value is -2.87. The topological polar surface area (TPSA) is 79.0 Å². The number of carbonyl (C=O) groups excluding carboxylic acids is 2. The SMILES string of the molecule is CC(C)CCNC(=O)C(=O)NC[C@@H](c1ccco1)[NH+]1CCN(c2ccc(F)cc2)CC1. The number of hydrogen-bond acceptors (Lipinski definition) is 4. The second-order valence-corrected chi connectivity index (χ2v) is 8.34. The minimum atomic E-state index is -0.621. The first-order chi connectivity index (χ1) is 14.9. The summed E-state index contributed by atoms with van der Waals surface area (Å²) in [5, 5.41) is 5.43. The zero-order valence-corrected chi connectivity index (χ0v) is 18.2. The molecule has 1 atom stereocenters. The van der Waals surface area contributed by atoms with Crippen LogP contribution in [-0.4, -0.2) is 51.1 Å². The minimum Gasteiger partial charge on any atom is -0.463 e. The van der Waals surface area contributed by atoms with Crippen LogP contribution in [0, 0.1) is 11.7 Å². The lowest BCUT2D eigenvalue weighted by molar-refractivity contribution is -0.932. The molecule has 0 aliphatic carbocycles. The van der Waals surface area contributed by atoms with Crippen molar-refractivity contribution in [3.63, 3.8) is 0 Å². The number of piperazine rings is 1. The van der Waals surface area contributed by atoms with E-state index in [0.717, 1.165) is 44.0 Å². The summed E-state index contributed by atoms with van der Waals surface area (Å²) in [6.07, 6.45) is 2.45. The van der Waals surface area contributed by atoms with Gasteiger partial charge in [-0.25, -0.2) is 4.39 Å². The highest BCUT2D eigenvalue weighted by atomic mass is 19.1. The van der Waals surface area contributed by atoms with E-state index in [1.165, 1.54) is 17.0 Å². The Balaban J connectivity index is 1.55. The van der Waals surface area contributed by atoms with E-state index in [0.29, 0.717) is 19.0 Å². The number of benzene rings is 1. The molecule has 3 rings (SSSR count). The van der Waals surface area contributed by atoms with Crippen LogP contribution in [0.15, 0.2) is 47.1 Å². The highest BCUT2D eigenvalue weighted by molar-refractivity contribution is 6.35. The lowest BCUT2D eigenvalue weighted by Gasteiger charge is -2.37. The number of furan rings is 1. The molecule has 8 heteroatoms. The van der Waals surface area contributed by atoms with Gasteiger partial charge in [0.2, 0.25) is 0 Å². The number of halogens is 1. The second-order valence-electron chi connectivity index (χ2n) is 8.34. The monoisotopic (exact) mass is 431 g/mol. The van der Waals surface area contributed by atoms with Crippen LogP contribution in [0.2, 0.25) is 0 Å². The molecule has 1 aromatic heterocycles. The normalized spacial score (nSPS) is 15.7. The first-order valence-electron chi connectivity index (χ1n) is 10.9. The van der Waals surface area contributed by atoms with Crippen molar-refractivity contribution in [3.8, 4) is 0 Å². The van der Waals surface area contributed by atoms with Gasteiger partial charge in [-0.2, -0.15) is 0 Å². The molecule has 0 bridgehead atoms. The molecule has 2 aromatic rings. The molecule has 3 N–H and O–H groups in total. The number of rotatable bonds is 8. The molecule has 7 nitrogen and oxygen atoms in total. The number of nitrogens with zero attached hydrogens (tertiary/aromatic N) is 1. The third kappa shape index (κ3) is 6.55. The average Bonchev–Trinajstić information content (AvgIpc) is 3.29. The summed E-state index contributed by atoms with van der Waals surface area (Å²) in [5.74, 6) is -0.218. The van der Waals surface area contributed by atoms with Crippen LogP contribution >= 0.6 is 0 Å². The quantitative estimate of drug-likeness (QED) is 0.548. The van der Waals surface area contributed by atoms with Crippen LogP contribution in [0.1, 0.15) is 32.1 Å². The Morgan fingerprint density at radius 1 is 1.10 bits per heavy atom. The van der Waals surface area contributed by atoms with Gasteiger partial charge in [-0.3, -0.25) is 9.59 Å². The molecule has 0 unspecified atom stereocenters. The Bertz CT molecular complexity index is 831. The first-order valence-corrected chi connectivity index (χ1v) is 10.9. The van der Waals surface area contributed by atoms with Gasteiger partial charge in [0.1, 0.15) is 5.82 Å². The zero-order valence-electron chi connectivity index (χ0n) is 18.2. The van der Waals surface area contributed by atoms with Crippen molar-refractivity contribution in [2.24, 2.45) is 5.92 Å². The van der Waals surface area contributed by atoms with E-state index >= 15 is 0 Å². The molecule has 1 aliphatic heterocycles. The molecule has 168 valence electrons. The highest BCUT2D eigenvalue weighted by Gasteiger charge is 2.31. The number of nitrogens with one attached hydrogen (secondary N) is 3. The largest absolute Gasteiger partial charge is 0.463 e. The molecule has 1 aliphatic rings. The van der Waals surface area contributed by atoms with E-state index in [-0.39, 0.29) is 11.9 Å². The van der Waals surface area contributed by atoms with Gasteiger partial charge in [-0.1, -0.05) is 13.8 Å². The van der Waals surface area contributed by atoms with Crippen molar-refractivity contribution in [2.45, 2.75) is 26.3 Å². The lowest BCUT2D eigenvalue weighted by atomic mass is 10.1. The summed E-state index contributed by atoms with van der Waals surface area (Å²) in [4.78, 5) is 27.8. The second kappa shape index (κ2) is 10.9. The molecular weight excluding hydrogens is 399 g/mol. The molecule has 0 spiro atoms. The van der Waals surface area contributed by atoms with Crippen molar-refractivity contribution in [1.29, 1.82) is 0 Å². The van der Waals surface area contributed by atoms with E-state index in [9.17, 15) is 14.0 Å². The Morgan fingerprint density at radius 2 is 1.77 bits per heavy atom. The number of carbonyl (C=O) groups is 2. The van der Waals surface area contributed by atoms with Gasteiger partial charge in [0.05, 0.1) is 39.0 Å². The number of anilines is 1. The summed E-state index contributed by atoms with van der Waals surface area (Å²) in [7, 11) is 0. The summed E-state index contributed by atoms with van der Waals surface area (Å²) in [5.41, 5.74) is 1.00. The predicted molar refractivity (Wildman–Crippen MR) is 116 cm³/mol. The average molecular weight is 432 g/mol. The molecule has 0 radical (unpaired) electrons. The molecule has 2 heterocycles. The summed E-state index contributed by atoms with van der Waals surface area (Å²) < 4.78 is 18.8. The first kappa shape index (κ1) is 22.8. The molecular formula is C23H32FN4O3+. The number of quaternary nitrogens is 1. The third-order valence-electron chi connectivity index (χ3n) is 5.66. The van der Waals surface area contributed by atoms with Gasteiger partial charge in [0, 0.05) is 12.2 Å². The summed E-state index contributed by atoms with van der Waals surface area (Å²) in [6.45, 7) is 8.22. The van der Waals surface area contributed by atoms with Gasteiger partial charge in [-0.05, 0) is 48.7 Å². The standard InChI is InChI=1S/C23H31FN4O3/c1-17(2)9-10-25-22(29)23(30)26-16-20(21-4-3-15-31-21)28-13-11-27(12-14-28)19-7-5-18(24)6-8-19/h3-8,15,17,20H,9-14,16H2,1-2H3,(H,25,29)(H,26,30)/p+1/t20-/m0/s1. The van der Waals surface area contributed by atoms with Crippen molar-refractivity contribution < 1.29 is 23.3 Å².